The highest BCUT2D eigenvalue weighted by molar-refractivity contribution is 5.97. The molecule has 104 valence electrons. The summed E-state index contributed by atoms with van der Waals surface area (Å²) in [5, 5.41) is 4.06. The Balaban J connectivity index is 1.80. The minimum absolute atomic E-state index is 0.00956. The predicted molar refractivity (Wildman–Crippen MR) is 71.2 cm³/mol. The van der Waals surface area contributed by atoms with Crippen molar-refractivity contribution in [3.63, 3.8) is 0 Å². The second kappa shape index (κ2) is 5.32. The zero-order valence-corrected chi connectivity index (χ0v) is 11.2. The highest BCUT2D eigenvalue weighted by Gasteiger charge is 2.16. The SMILES string of the molecule is CCn1ncnc1CC(=O)c1ccc2c(c1)OCCO2. The number of aromatic nitrogens is 3. The van der Waals surface area contributed by atoms with Crippen LogP contribution in [0.5, 0.6) is 11.5 Å². The minimum Gasteiger partial charge on any atom is -0.486 e. The number of hydrogen-bond donors (Lipinski definition) is 0. The van der Waals surface area contributed by atoms with Gasteiger partial charge in [-0.1, -0.05) is 0 Å². The third kappa shape index (κ3) is 2.36. The molecule has 1 aliphatic rings. The maximum Gasteiger partial charge on any atom is 0.170 e. The Morgan fingerprint density at radius 2 is 2.10 bits per heavy atom. The van der Waals surface area contributed by atoms with E-state index in [2.05, 4.69) is 10.1 Å². The standard InChI is InChI=1S/C14H15N3O3/c1-2-17-14(15-9-16-17)8-11(18)10-3-4-12-13(7-10)20-6-5-19-12/h3-4,7,9H,2,5-6,8H2,1H3. The van der Waals surface area contributed by atoms with Gasteiger partial charge in [0, 0.05) is 12.1 Å². The van der Waals surface area contributed by atoms with Gasteiger partial charge in [0.1, 0.15) is 25.4 Å². The van der Waals surface area contributed by atoms with Crippen LogP contribution in [0.25, 0.3) is 0 Å². The molecule has 3 rings (SSSR count). The van der Waals surface area contributed by atoms with Gasteiger partial charge in [-0.15, -0.1) is 0 Å². The van der Waals surface area contributed by atoms with Crippen LogP contribution in [0.1, 0.15) is 23.1 Å². The van der Waals surface area contributed by atoms with Crippen LogP contribution in [0.4, 0.5) is 0 Å². The van der Waals surface area contributed by atoms with Gasteiger partial charge in [-0.3, -0.25) is 4.79 Å². The van der Waals surface area contributed by atoms with Crippen molar-refractivity contribution < 1.29 is 14.3 Å². The average molecular weight is 273 g/mol. The first-order chi connectivity index (χ1) is 9.78. The number of carbonyl (C=O) groups excluding carboxylic acids is 1. The Kier molecular flexibility index (Phi) is 3.37. The summed E-state index contributed by atoms with van der Waals surface area (Å²) in [6.07, 6.45) is 1.70. The lowest BCUT2D eigenvalue weighted by atomic mass is 10.1. The van der Waals surface area contributed by atoms with E-state index in [1.807, 2.05) is 6.92 Å². The summed E-state index contributed by atoms with van der Waals surface area (Å²) < 4.78 is 12.6. The molecule has 0 atom stereocenters. The van der Waals surface area contributed by atoms with Crippen LogP contribution < -0.4 is 9.47 Å². The molecule has 0 bridgehead atoms. The molecule has 6 heteroatoms. The first-order valence-electron chi connectivity index (χ1n) is 6.57. The minimum atomic E-state index is -0.00956. The first kappa shape index (κ1) is 12.7. The van der Waals surface area contributed by atoms with Gasteiger partial charge < -0.3 is 9.47 Å². The molecule has 0 aliphatic carbocycles. The summed E-state index contributed by atoms with van der Waals surface area (Å²) in [6, 6.07) is 5.25. The molecule has 1 aromatic heterocycles. The lowest BCUT2D eigenvalue weighted by Gasteiger charge is -2.18. The van der Waals surface area contributed by atoms with Crippen molar-refractivity contribution in [3.05, 3.63) is 35.9 Å². The molecule has 2 aromatic rings. The summed E-state index contributed by atoms with van der Waals surface area (Å²) >= 11 is 0. The molecule has 0 spiro atoms. The number of carbonyl (C=O) groups is 1. The Bertz CT molecular complexity index is 636. The van der Waals surface area contributed by atoms with Crippen molar-refractivity contribution in [2.45, 2.75) is 19.9 Å². The molecule has 20 heavy (non-hydrogen) atoms. The summed E-state index contributed by atoms with van der Waals surface area (Å²) in [5.74, 6) is 1.97. The molecule has 0 saturated heterocycles. The van der Waals surface area contributed by atoms with Crippen molar-refractivity contribution in [2.24, 2.45) is 0 Å². The van der Waals surface area contributed by atoms with Crippen LogP contribution in [-0.4, -0.2) is 33.8 Å². The maximum atomic E-state index is 12.3. The number of fused-ring (bicyclic) bond motifs is 1. The Morgan fingerprint density at radius 1 is 1.30 bits per heavy atom. The molecule has 0 amide bonds. The number of ketones is 1. The smallest absolute Gasteiger partial charge is 0.170 e. The number of hydrogen-bond acceptors (Lipinski definition) is 5. The van der Waals surface area contributed by atoms with E-state index >= 15 is 0 Å². The molecule has 6 nitrogen and oxygen atoms in total. The van der Waals surface area contributed by atoms with Gasteiger partial charge in [0.2, 0.25) is 0 Å². The van der Waals surface area contributed by atoms with Gasteiger partial charge in [-0.2, -0.15) is 5.10 Å². The topological polar surface area (TPSA) is 66.2 Å². The van der Waals surface area contributed by atoms with Crippen LogP contribution in [0, 0.1) is 0 Å². The second-order valence-electron chi connectivity index (χ2n) is 4.45. The summed E-state index contributed by atoms with van der Waals surface area (Å²) in [7, 11) is 0. The largest absolute Gasteiger partial charge is 0.486 e. The van der Waals surface area contributed by atoms with Crippen molar-refractivity contribution in [2.75, 3.05) is 13.2 Å². The molecule has 0 unspecified atom stereocenters. The first-order valence-corrected chi connectivity index (χ1v) is 6.57. The zero-order valence-electron chi connectivity index (χ0n) is 11.2. The number of rotatable bonds is 4. The van der Waals surface area contributed by atoms with Crippen molar-refractivity contribution in [1.82, 2.24) is 14.8 Å². The third-order valence-corrected chi connectivity index (χ3v) is 3.18. The number of benzene rings is 1. The fourth-order valence-corrected chi connectivity index (χ4v) is 2.15. The van der Waals surface area contributed by atoms with Crippen LogP contribution in [0.2, 0.25) is 0 Å². The molecule has 0 saturated carbocycles. The van der Waals surface area contributed by atoms with Gasteiger partial charge in [-0.25, -0.2) is 9.67 Å². The van der Waals surface area contributed by atoms with Crippen LogP contribution in [-0.2, 0) is 13.0 Å². The van der Waals surface area contributed by atoms with Crippen molar-refractivity contribution in [3.8, 4) is 11.5 Å². The van der Waals surface area contributed by atoms with E-state index in [9.17, 15) is 4.79 Å². The molecule has 1 aliphatic heterocycles. The van der Waals surface area contributed by atoms with E-state index in [0.717, 1.165) is 0 Å². The molecule has 1 aromatic carbocycles. The summed E-state index contributed by atoms with van der Waals surface area (Å²) in [4.78, 5) is 16.4. The quantitative estimate of drug-likeness (QED) is 0.790. The fourth-order valence-electron chi connectivity index (χ4n) is 2.15. The molecule has 0 fully saturated rings. The monoisotopic (exact) mass is 273 g/mol. The van der Waals surface area contributed by atoms with Gasteiger partial charge in [0.15, 0.2) is 17.3 Å². The van der Waals surface area contributed by atoms with E-state index in [1.54, 1.807) is 22.9 Å². The number of Topliss-reactive ketones (excluding diaryl/α,β-unsaturated/α-hetero) is 1. The summed E-state index contributed by atoms with van der Waals surface area (Å²) in [5.41, 5.74) is 0.597. The average Bonchev–Trinajstić information content (AvgIpc) is 2.94. The van der Waals surface area contributed by atoms with Crippen LogP contribution >= 0.6 is 0 Å². The highest BCUT2D eigenvalue weighted by Crippen LogP contribution is 2.31. The van der Waals surface area contributed by atoms with Crippen molar-refractivity contribution in [1.29, 1.82) is 0 Å². The van der Waals surface area contributed by atoms with Gasteiger partial charge in [-0.05, 0) is 25.1 Å². The van der Waals surface area contributed by atoms with E-state index in [4.69, 9.17) is 9.47 Å². The van der Waals surface area contributed by atoms with Gasteiger partial charge >= 0.3 is 0 Å². The fraction of sp³-hybridized carbons (Fsp3) is 0.357. The third-order valence-electron chi connectivity index (χ3n) is 3.18. The van der Waals surface area contributed by atoms with Crippen LogP contribution in [0.3, 0.4) is 0 Å². The second-order valence-corrected chi connectivity index (χ2v) is 4.45. The Morgan fingerprint density at radius 3 is 2.90 bits per heavy atom. The normalized spacial score (nSPS) is 13.2. The molecular weight excluding hydrogens is 258 g/mol. The van der Waals surface area contributed by atoms with E-state index in [-0.39, 0.29) is 12.2 Å². The number of ether oxygens (including phenoxy) is 2. The van der Waals surface area contributed by atoms with Gasteiger partial charge in [0.05, 0.1) is 6.42 Å². The van der Waals surface area contributed by atoms with Gasteiger partial charge in [0.25, 0.3) is 0 Å². The lowest BCUT2D eigenvalue weighted by Crippen LogP contribution is -2.16. The lowest BCUT2D eigenvalue weighted by molar-refractivity contribution is 0.0988. The molecule has 0 radical (unpaired) electrons. The number of aryl methyl sites for hydroxylation is 1. The van der Waals surface area contributed by atoms with E-state index in [1.165, 1.54) is 6.33 Å². The Hall–Kier alpha value is -2.37. The highest BCUT2D eigenvalue weighted by atomic mass is 16.6. The van der Waals surface area contributed by atoms with Crippen LogP contribution in [0.15, 0.2) is 24.5 Å². The van der Waals surface area contributed by atoms with Crippen molar-refractivity contribution >= 4 is 5.78 Å². The predicted octanol–water partition coefficient (Wildman–Crippen LogP) is 1.49. The number of nitrogens with zero attached hydrogens (tertiary/aromatic N) is 3. The molecule has 2 heterocycles. The molecule has 0 N–H and O–H groups in total. The maximum absolute atomic E-state index is 12.3. The van der Waals surface area contributed by atoms with E-state index < -0.39 is 0 Å². The molecular formula is C14H15N3O3. The Labute approximate surface area is 116 Å². The van der Waals surface area contributed by atoms with E-state index in [0.29, 0.717) is 42.6 Å². The summed E-state index contributed by atoms with van der Waals surface area (Å²) in [6.45, 7) is 3.71. The zero-order chi connectivity index (χ0) is 13.9.